The molecule has 1 heterocycles. The zero-order valence-electron chi connectivity index (χ0n) is 13.7. The van der Waals surface area contributed by atoms with Crippen molar-refractivity contribution in [2.24, 2.45) is 5.92 Å². The molecule has 0 saturated carbocycles. The van der Waals surface area contributed by atoms with Gasteiger partial charge in [0.25, 0.3) is 0 Å². The van der Waals surface area contributed by atoms with E-state index < -0.39 is 29.0 Å². The van der Waals surface area contributed by atoms with Crippen molar-refractivity contribution in [1.29, 1.82) is 0 Å². The summed E-state index contributed by atoms with van der Waals surface area (Å²) in [6.45, 7) is 1.94. The molecule has 3 N–H and O–H groups in total. The second-order valence-corrected chi connectivity index (χ2v) is 6.30. The molecule has 3 rings (SSSR count). The van der Waals surface area contributed by atoms with E-state index in [0.29, 0.717) is 30.4 Å². The second-order valence-electron chi connectivity index (χ2n) is 6.30. The lowest BCUT2D eigenvalue weighted by atomic mass is 9.79. The first kappa shape index (κ1) is 17.0. The van der Waals surface area contributed by atoms with Crippen LogP contribution in [0.25, 0.3) is 11.0 Å². The van der Waals surface area contributed by atoms with Crippen LogP contribution in [-0.2, 0) is 24.1 Å². The van der Waals surface area contributed by atoms with Crippen molar-refractivity contribution in [2.75, 3.05) is 0 Å². The highest BCUT2D eigenvalue weighted by molar-refractivity contribution is 5.93. The van der Waals surface area contributed by atoms with Crippen LogP contribution in [-0.4, -0.2) is 27.3 Å². The summed E-state index contributed by atoms with van der Waals surface area (Å²) < 4.78 is 5.43. The van der Waals surface area contributed by atoms with Gasteiger partial charge in [-0.15, -0.1) is 0 Å². The van der Waals surface area contributed by atoms with Gasteiger partial charge < -0.3 is 19.7 Å². The molecule has 7 nitrogen and oxygen atoms in total. The van der Waals surface area contributed by atoms with Gasteiger partial charge in [-0.1, -0.05) is 13.3 Å². The molecule has 0 saturated heterocycles. The minimum absolute atomic E-state index is 0.0711. The van der Waals surface area contributed by atoms with Crippen LogP contribution in [0.2, 0.25) is 0 Å². The molecule has 0 spiro atoms. The molecule has 25 heavy (non-hydrogen) atoms. The van der Waals surface area contributed by atoms with Gasteiger partial charge in [0, 0.05) is 6.07 Å². The lowest BCUT2D eigenvalue weighted by molar-refractivity contribution is -0.142. The molecular formula is C18H18O7. The summed E-state index contributed by atoms with van der Waals surface area (Å²) in [5.41, 5.74) is 1.37. The third kappa shape index (κ3) is 2.75. The van der Waals surface area contributed by atoms with Gasteiger partial charge in [0.15, 0.2) is 5.43 Å². The number of phenolic OH excluding ortho intramolecular Hbond substituents is 1. The first-order chi connectivity index (χ1) is 11.8. The number of hydrogen-bond donors (Lipinski definition) is 3. The molecule has 7 heteroatoms. The molecule has 0 radical (unpaired) electrons. The Balaban J connectivity index is 2.37. The topological polar surface area (TPSA) is 125 Å². The predicted octanol–water partition coefficient (Wildman–Crippen LogP) is 2.34. The SMILES string of the molecule is CCCc1c2c(c(O)c3c(=O)cc(C(=O)O)oc13)CC(C(=O)O)CC2. The Bertz CT molecular complexity index is 939. The Morgan fingerprint density at radius 1 is 1.28 bits per heavy atom. The first-order valence-corrected chi connectivity index (χ1v) is 8.14. The van der Waals surface area contributed by atoms with E-state index in [1.54, 1.807) is 0 Å². The van der Waals surface area contributed by atoms with E-state index in [-0.39, 0.29) is 23.1 Å². The van der Waals surface area contributed by atoms with E-state index in [4.69, 9.17) is 9.52 Å². The van der Waals surface area contributed by atoms with Crippen LogP contribution in [0.4, 0.5) is 0 Å². The van der Waals surface area contributed by atoms with Crippen molar-refractivity contribution in [3.8, 4) is 5.75 Å². The first-order valence-electron chi connectivity index (χ1n) is 8.14. The van der Waals surface area contributed by atoms with Crippen molar-refractivity contribution in [2.45, 2.75) is 39.0 Å². The zero-order chi connectivity index (χ0) is 18.3. The molecule has 0 bridgehead atoms. The number of rotatable bonds is 4. The summed E-state index contributed by atoms with van der Waals surface area (Å²) in [6.07, 6.45) is 2.28. The number of aromatic hydroxyl groups is 1. The van der Waals surface area contributed by atoms with Crippen molar-refractivity contribution in [1.82, 2.24) is 0 Å². The number of carboxylic acid groups (broad SMARTS) is 2. The maximum atomic E-state index is 12.4. The summed E-state index contributed by atoms with van der Waals surface area (Å²) in [6, 6.07) is 0.837. The Morgan fingerprint density at radius 3 is 2.60 bits per heavy atom. The smallest absolute Gasteiger partial charge is 0.371 e. The minimum atomic E-state index is -1.36. The number of carboxylic acids is 2. The van der Waals surface area contributed by atoms with E-state index >= 15 is 0 Å². The lowest BCUT2D eigenvalue weighted by Gasteiger charge is -2.26. The van der Waals surface area contributed by atoms with Crippen LogP contribution in [0.5, 0.6) is 5.75 Å². The monoisotopic (exact) mass is 346 g/mol. The van der Waals surface area contributed by atoms with E-state index in [0.717, 1.165) is 18.1 Å². The van der Waals surface area contributed by atoms with E-state index in [2.05, 4.69) is 0 Å². The molecule has 1 aromatic heterocycles. The molecule has 1 aliphatic carbocycles. The molecular weight excluding hydrogens is 328 g/mol. The van der Waals surface area contributed by atoms with Crippen LogP contribution in [0.3, 0.4) is 0 Å². The molecule has 1 aromatic carbocycles. The predicted molar refractivity (Wildman–Crippen MR) is 88.3 cm³/mol. The molecule has 0 aliphatic heterocycles. The zero-order valence-corrected chi connectivity index (χ0v) is 13.7. The molecule has 132 valence electrons. The average Bonchev–Trinajstić information content (AvgIpc) is 2.57. The van der Waals surface area contributed by atoms with Crippen LogP contribution >= 0.6 is 0 Å². The lowest BCUT2D eigenvalue weighted by Crippen LogP contribution is -2.24. The highest BCUT2D eigenvalue weighted by Gasteiger charge is 2.31. The second kappa shape index (κ2) is 6.23. The number of hydrogen-bond acceptors (Lipinski definition) is 5. The van der Waals surface area contributed by atoms with E-state index in [1.165, 1.54) is 0 Å². The van der Waals surface area contributed by atoms with Crippen LogP contribution in [0.1, 0.15) is 47.0 Å². The fourth-order valence-electron chi connectivity index (χ4n) is 3.56. The number of aliphatic carboxylic acids is 1. The van der Waals surface area contributed by atoms with Gasteiger partial charge in [-0.3, -0.25) is 9.59 Å². The maximum Gasteiger partial charge on any atom is 0.371 e. The maximum absolute atomic E-state index is 12.4. The van der Waals surface area contributed by atoms with Crippen molar-refractivity contribution >= 4 is 22.9 Å². The van der Waals surface area contributed by atoms with Gasteiger partial charge in [0.05, 0.1) is 5.92 Å². The Labute approximate surface area is 142 Å². The number of phenols is 1. The molecule has 1 atom stereocenters. The van der Waals surface area contributed by atoms with Gasteiger partial charge >= 0.3 is 11.9 Å². The summed E-state index contributed by atoms with van der Waals surface area (Å²) >= 11 is 0. The fraction of sp³-hybridized carbons (Fsp3) is 0.389. The van der Waals surface area contributed by atoms with E-state index in [1.807, 2.05) is 6.92 Å². The summed E-state index contributed by atoms with van der Waals surface area (Å²) in [4.78, 5) is 34.9. The standard InChI is InChI=1S/C18H18O7/c1-2-3-10-9-5-4-8(17(21)22)6-11(9)15(20)14-12(19)7-13(18(23)24)25-16(10)14/h7-8,20H,2-6H2,1H3,(H,21,22)(H,23,24). The Morgan fingerprint density at radius 2 is 2.00 bits per heavy atom. The highest BCUT2D eigenvalue weighted by atomic mass is 16.4. The molecule has 1 unspecified atom stereocenters. The summed E-state index contributed by atoms with van der Waals surface area (Å²) in [7, 11) is 0. The van der Waals surface area contributed by atoms with Gasteiger partial charge in [0.2, 0.25) is 5.76 Å². The normalized spacial score (nSPS) is 16.6. The Kier molecular flexibility index (Phi) is 4.24. The molecule has 0 amide bonds. The van der Waals surface area contributed by atoms with Crippen molar-refractivity contribution in [3.05, 3.63) is 38.7 Å². The summed E-state index contributed by atoms with van der Waals surface area (Å²) in [5, 5.41) is 28.9. The largest absolute Gasteiger partial charge is 0.507 e. The number of carbonyl (C=O) groups is 2. The van der Waals surface area contributed by atoms with Gasteiger partial charge in [0.1, 0.15) is 16.7 Å². The summed E-state index contributed by atoms with van der Waals surface area (Å²) in [5.74, 6) is -3.68. The minimum Gasteiger partial charge on any atom is -0.507 e. The van der Waals surface area contributed by atoms with Crippen molar-refractivity contribution in [3.63, 3.8) is 0 Å². The molecule has 0 fully saturated rings. The average molecular weight is 346 g/mol. The highest BCUT2D eigenvalue weighted by Crippen LogP contribution is 2.40. The number of benzene rings is 1. The van der Waals surface area contributed by atoms with Crippen LogP contribution in [0, 0.1) is 5.92 Å². The van der Waals surface area contributed by atoms with Gasteiger partial charge in [-0.2, -0.15) is 0 Å². The van der Waals surface area contributed by atoms with Crippen molar-refractivity contribution < 1.29 is 29.3 Å². The van der Waals surface area contributed by atoms with Crippen LogP contribution < -0.4 is 5.43 Å². The molecule has 1 aliphatic rings. The Hall–Kier alpha value is -2.83. The molecule has 2 aromatic rings. The number of fused-ring (bicyclic) bond motifs is 2. The van der Waals surface area contributed by atoms with E-state index in [9.17, 15) is 24.6 Å². The third-order valence-corrected chi connectivity index (χ3v) is 4.73. The number of aryl methyl sites for hydroxylation is 1. The number of aromatic carboxylic acids is 1. The third-order valence-electron chi connectivity index (χ3n) is 4.73. The quantitative estimate of drug-likeness (QED) is 0.776. The fourth-order valence-corrected chi connectivity index (χ4v) is 3.56. The van der Waals surface area contributed by atoms with Crippen LogP contribution in [0.15, 0.2) is 15.3 Å². The van der Waals surface area contributed by atoms with Gasteiger partial charge in [-0.25, -0.2) is 4.79 Å². The van der Waals surface area contributed by atoms with Gasteiger partial charge in [-0.05, 0) is 42.4 Å².